The fourth-order valence-corrected chi connectivity index (χ4v) is 3.10. The molecular formula is C18H22F2N2O. The van der Waals surface area contributed by atoms with Crippen molar-refractivity contribution >= 4 is 11.6 Å². The molecule has 1 aliphatic rings. The molecule has 0 radical (unpaired) electrons. The molecule has 1 aromatic carbocycles. The predicted octanol–water partition coefficient (Wildman–Crippen LogP) is 4.38. The number of halogens is 2. The van der Waals surface area contributed by atoms with Gasteiger partial charge in [0, 0.05) is 18.5 Å². The Morgan fingerprint density at radius 1 is 1.35 bits per heavy atom. The second-order valence-corrected chi connectivity index (χ2v) is 5.69. The molecule has 0 aromatic heterocycles. The summed E-state index contributed by atoms with van der Waals surface area (Å²) in [5.41, 5.74) is 1.32. The van der Waals surface area contributed by atoms with Gasteiger partial charge in [-0.15, -0.1) is 0 Å². The van der Waals surface area contributed by atoms with Crippen molar-refractivity contribution in [1.29, 1.82) is 0 Å². The van der Waals surface area contributed by atoms with Crippen LogP contribution in [0.4, 0.5) is 14.5 Å². The number of para-hydroxylation sites is 1. The smallest absolute Gasteiger partial charge is 0.224 e. The first-order valence-corrected chi connectivity index (χ1v) is 7.73. The van der Waals surface area contributed by atoms with Crippen molar-refractivity contribution in [2.75, 3.05) is 4.90 Å². The Balaban J connectivity index is 2.47. The van der Waals surface area contributed by atoms with E-state index in [9.17, 15) is 13.6 Å². The number of fused-ring (bicyclic) bond motifs is 1. The number of carbonyl (C=O) groups excluding carboxylic acids is 1. The molecule has 0 saturated heterocycles. The van der Waals surface area contributed by atoms with Crippen molar-refractivity contribution in [3.05, 3.63) is 53.3 Å². The van der Waals surface area contributed by atoms with Crippen LogP contribution >= 0.6 is 0 Å². The summed E-state index contributed by atoms with van der Waals surface area (Å²) < 4.78 is 28.3. The lowest BCUT2D eigenvalue weighted by Crippen LogP contribution is -2.45. The van der Waals surface area contributed by atoms with Crippen molar-refractivity contribution in [2.24, 2.45) is 0 Å². The first-order chi connectivity index (χ1) is 10.9. The minimum Gasteiger partial charge on any atom is -0.376 e. The van der Waals surface area contributed by atoms with Gasteiger partial charge in [0.25, 0.3) is 0 Å². The van der Waals surface area contributed by atoms with E-state index in [0.717, 1.165) is 0 Å². The van der Waals surface area contributed by atoms with Crippen LogP contribution in [0.25, 0.3) is 0 Å². The van der Waals surface area contributed by atoms with Crippen LogP contribution in [0.3, 0.4) is 0 Å². The Morgan fingerprint density at radius 3 is 2.61 bits per heavy atom. The normalized spacial score (nSPS) is 21.9. The Kier molecular flexibility index (Phi) is 5.19. The third-order valence-electron chi connectivity index (χ3n) is 4.12. The molecule has 0 spiro atoms. The van der Waals surface area contributed by atoms with Gasteiger partial charge in [0.15, 0.2) is 0 Å². The van der Waals surface area contributed by atoms with E-state index in [2.05, 4.69) is 5.32 Å². The van der Waals surface area contributed by atoms with Gasteiger partial charge in [-0.3, -0.25) is 4.79 Å². The number of nitrogens with zero attached hydrogens (tertiary/aromatic N) is 1. The topological polar surface area (TPSA) is 32.3 Å². The summed E-state index contributed by atoms with van der Waals surface area (Å²) in [4.78, 5) is 13.4. The number of carbonyl (C=O) groups is 1. The van der Waals surface area contributed by atoms with E-state index >= 15 is 0 Å². The predicted molar refractivity (Wildman–Crippen MR) is 88.1 cm³/mol. The maximum Gasteiger partial charge on any atom is 0.224 e. The van der Waals surface area contributed by atoms with E-state index < -0.39 is 5.82 Å². The molecule has 2 rings (SSSR count). The summed E-state index contributed by atoms with van der Waals surface area (Å²) in [7, 11) is 0. The number of anilines is 1. The van der Waals surface area contributed by atoms with Gasteiger partial charge in [-0.25, -0.2) is 8.78 Å². The summed E-state index contributed by atoms with van der Waals surface area (Å²) in [6.45, 7) is 6.66. The average molecular weight is 320 g/mol. The highest BCUT2D eigenvalue weighted by molar-refractivity contribution is 5.93. The molecule has 0 bridgehead atoms. The highest BCUT2D eigenvalue weighted by atomic mass is 19.1. The van der Waals surface area contributed by atoms with Crippen LogP contribution in [0.15, 0.2) is 41.9 Å². The lowest BCUT2D eigenvalue weighted by molar-refractivity contribution is -0.117. The number of amides is 1. The van der Waals surface area contributed by atoms with Gasteiger partial charge in [0.2, 0.25) is 5.91 Å². The molecule has 0 aliphatic carbocycles. The second-order valence-electron chi connectivity index (χ2n) is 5.69. The van der Waals surface area contributed by atoms with Crippen molar-refractivity contribution < 1.29 is 13.6 Å². The Labute approximate surface area is 135 Å². The van der Waals surface area contributed by atoms with Crippen molar-refractivity contribution in [3.8, 4) is 0 Å². The van der Waals surface area contributed by atoms with E-state index in [-0.39, 0.29) is 29.5 Å². The summed E-state index contributed by atoms with van der Waals surface area (Å²) in [5, 5.41) is 3.14. The molecule has 1 heterocycles. The minimum atomic E-state index is -0.440. The van der Waals surface area contributed by atoms with Crippen LogP contribution in [0, 0.1) is 5.82 Å². The molecule has 23 heavy (non-hydrogen) atoms. The minimum absolute atomic E-state index is 0.179. The van der Waals surface area contributed by atoms with Gasteiger partial charge < -0.3 is 10.2 Å². The molecule has 2 unspecified atom stereocenters. The van der Waals surface area contributed by atoms with E-state index in [1.54, 1.807) is 32.1 Å². The molecular weight excluding hydrogens is 298 g/mol. The van der Waals surface area contributed by atoms with Gasteiger partial charge in [0.1, 0.15) is 11.6 Å². The fourth-order valence-electron chi connectivity index (χ4n) is 3.10. The molecule has 1 aliphatic heterocycles. The zero-order valence-electron chi connectivity index (χ0n) is 13.9. The van der Waals surface area contributed by atoms with Gasteiger partial charge in [0.05, 0.1) is 17.4 Å². The molecule has 1 amide bonds. The first kappa shape index (κ1) is 17.2. The van der Waals surface area contributed by atoms with Gasteiger partial charge in [-0.05, 0) is 39.3 Å². The Morgan fingerprint density at radius 2 is 2.04 bits per heavy atom. The number of hydrogen-bond donors (Lipinski definition) is 1. The van der Waals surface area contributed by atoms with Crippen LogP contribution in [-0.4, -0.2) is 11.9 Å². The summed E-state index contributed by atoms with van der Waals surface area (Å²) >= 11 is 0. The van der Waals surface area contributed by atoms with Crippen molar-refractivity contribution in [1.82, 2.24) is 5.32 Å². The molecule has 124 valence electrons. The summed E-state index contributed by atoms with van der Waals surface area (Å²) in [5.74, 6) is -0.995. The van der Waals surface area contributed by atoms with Crippen LogP contribution in [0.2, 0.25) is 0 Å². The lowest BCUT2D eigenvalue weighted by atomic mass is 9.91. The SMILES string of the molecule is C/C=C(F)\C(=C/C)NC1CC(C)N(C(C)=O)c2c(F)cccc21. The fraction of sp³-hybridized carbons (Fsp3) is 0.389. The molecule has 3 nitrogen and oxygen atoms in total. The quantitative estimate of drug-likeness (QED) is 0.838. The highest BCUT2D eigenvalue weighted by Gasteiger charge is 2.34. The molecule has 5 heteroatoms. The second kappa shape index (κ2) is 6.94. The van der Waals surface area contributed by atoms with Crippen molar-refractivity contribution in [3.63, 3.8) is 0 Å². The zero-order chi connectivity index (χ0) is 17.1. The third-order valence-corrected chi connectivity index (χ3v) is 4.12. The lowest BCUT2D eigenvalue weighted by Gasteiger charge is -2.39. The zero-order valence-corrected chi connectivity index (χ0v) is 13.9. The van der Waals surface area contributed by atoms with E-state index in [1.165, 1.54) is 24.0 Å². The summed E-state index contributed by atoms with van der Waals surface area (Å²) in [6, 6.07) is 4.29. The Bertz CT molecular complexity index is 667. The van der Waals surface area contributed by atoms with E-state index in [0.29, 0.717) is 17.7 Å². The summed E-state index contributed by atoms with van der Waals surface area (Å²) in [6.07, 6.45) is 3.60. The third kappa shape index (κ3) is 3.28. The molecule has 1 aromatic rings. The van der Waals surface area contributed by atoms with E-state index in [4.69, 9.17) is 0 Å². The standard InChI is InChI=1S/C18H22F2N2O/c1-5-14(19)16(6-2)21-17-10-11(3)22(12(4)23)18-13(17)8-7-9-15(18)20/h5-9,11,17,21H,10H2,1-4H3/b14-5+,16-6+. The molecule has 0 saturated carbocycles. The number of benzene rings is 1. The Hall–Kier alpha value is -2.17. The van der Waals surface area contributed by atoms with Crippen LogP contribution < -0.4 is 10.2 Å². The monoisotopic (exact) mass is 320 g/mol. The van der Waals surface area contributed by atoms with E-state index in [1.807, 2.05) is 6.92 Å². The maximum absolute atomic E-state index is 14.4. The number of hydrogen-bond acceptors (Lipinski definition) is 2. The first-order valence-electron chi connectivity index (χ1n) is 7.73. The van der Waals surface area contributed by atoms with Crippen LogP contribution in [0.1, 0.15) is 45.7 Å². The number of rotatable bonds is 3. The van der Waals surface area contributed by atoms with Gasteiger partial charge >= 0.3 is 0 Å². The molecule has 2 atom stereocenters. The van der Waals surface area contributed by atoms with Gasteiger partial charge in [-0.2, -0.15) is 0 Å². The van der Waals surface area contributed by atoms with Crippen LogP contribution in [-0.2, 0) is 4.79 Å². The maximum atomic E-state index is 14.4. The number of nitrogens with one attached hydrogen (secondary N) is 1. The van der Waals surface area contributed by atoms with Crippen LogP contribution in [0.5, 0.6) is 0 Å². The largest absolute Gasteiger partial charge is 0.376 e. The number of allylic oxidation sites excluding steroid dienone is 3. The molecule has 1 N–H and O–H groups in total. The van der Waals surface area contributed by atoms with Crippen molar-refractivity contribution in [2.45, 2.75) is 46.2 Å². The molecule has 0 fully saturated rings. The average Bonchev–Trinajstić information content (AvgIpc) is 2.52. The van der Waals surface area contributed by atoms with Gasteiger partial charge in [-0.1, -0.05) is 18.2 Å². The highest BCUT2D eigenvalue weighted by Crippen LogP contribution is 2.39.